The summed E-state index contributed by atoms with van der Waals surface area (Å²) in [5, 5.41) is 9.52. The summed E-state index contributed by atoms with van der Waals surface area (Å²) in [4.78, 5) is 0. The van der Waals surface area contributed by atoms with E-state index >= 15 is 0 Å². The Kier molecular flexibility index (Phi) is 3.45. The third-order valence-corrected chi connectivity index (χ3v) is 4.91. The molecule has 0 radical (unpaired) electrons. The van der Waals surface area contributed by atoms with Crippen molar-refractivity contribution in [3.63, 3.8) is 0 Å². The minimum Gasteiger partial charge on any atom is -0.398 e. The molecule has 0 bridgehead atoms. The van der Waals surface area contributed by atoms with E-state index in [4.69, 9.17) is 17.3 Å². The second kappa shape index (κ2) is 5.52. The first-order chi connectivity index (χ1) is 11.6. The number of nitrogens with two attached hydrogens (primary N) is 1. The van der Waals surface area contributed by atoms with Gasteiger partial charge in [0.25, 0.3) is 0 Å². The van der Waals surface area contributed by atoms with Gasteiger partial charge in [-0.3, -0.25) is 0 Å². The van der Waals surface area contributed by atoms with Gasteiger partial charge >= 0.3 is 0 Å². The van der Waals surface area contributed by atoms with Crippen LogP contribution in [0, 0.1) is 0 Å². The predicted molar refractivity (Wildman–Crippen MR) is 96.6 cm³/mol. The quantitative estimate of drug-likeness (QED) is 0.682. The number of aromatic nitrogens is 3. The van der Waals surface area contributed by atoms with Crippen molar-refractivity contribution in [1.29, 1.82) is 0 Å². The third-order valence-electron chi connectivity index (χ3n) is 4.68. The van der Waals surface area contributed by atoms with E-state index in [1.807, 2.05) is 48.1 Å². The fourth-order valence-corrected chi connectivity index (χ4v) is 3.42. The first-order valence-corrected chi connectivity index (χ1v) is 8.25. The van der Waals surface area contributed by atoms with E-state index in [1.54, 1.807) is 6.07 Å². The summed E-state index contributed by atoms with van der Waals surface area (Å²) in [7, 11) is 1.99. The molecule has 1 fully saturated rings. The fourth-order valence-electron chi connectivity index (χ4n) is 3.24. The first-order valence-electron chi connectivity index (χ1n) is 7.87. The van der Waals surface area contributed by atoms with Crippen LogP contribution in [-0.2, 0) is 12.5 Å². The van der Waals surface area contributed by atoms with Gasteiger partial charge in [0.15, 0.2) is 5.82 Å². The Labute approximate surface area is 145 Å². The molecule has 0 amide bonds. The number of halogens is 1. The molecule has 24 heavy (non-hydrogen) atoms. The van der Waals surface area contributed by atoms with E-state index in [1.165, 1.54) is 5.57 Å². The molecule has 1 saturated carbocycles. The number of hydrogen-bond donors (Lipinski definition) is 1. The Morgan fingerprint density at radius 1 is 1.25 bits per heavy atom. The zero-order valence-electron chi connectivity index (χ0n) is 13.3. The molecule has 2 N–H and O–H groups in total. The standard InChI is InChI=1S/C19H17ClN4/c1-24-17(15-9-8-14(20)12-16(15)21)22-23-18(24)19(10-11-19)13-6-4-2-3-5-7-13/h2-4,6-9,12H,10-11,21H2,1H3. The monoisotopic (exact) mass is 336 g/mol. The van der Waals surface area contributed by atoms with E-state index < -0.39 is 0 Å². The molecule has 120 valence electrons. The van der Waals surface area contributed by atoms with Crippen LogP contribution in [0.5, 0.6) is 0 Å². The zero-order chi connectivity index (χ0) is 16.7. The predicted octanol–water partition coefficient (Wildman–Crippen LogP) is 3.96. The molecule has 4 nitrogen and oxygen atoms in total. The van der Waals surface area contributed by atoms with Crippen LogP contribution in [0.15, 0.2) is 59.9 Å². The van der Waals surface area contributed by atoms with Gasteiger partial charge in [0.1, 0.15) is 5.82 Å². The highest BCUT2D eigenvalue weighted by molar-refractivity contribution is 6.31. The smallest absolute Gasteiger partial charge is 0.165 e. The Bertz CT molecular complexity index is 938. The lowest BCUT2D eigenvalue weighted by atomic mass is 9.94. The molecule has 5 heteroatoms. The molecular weight excluding hydrogens is 320 g/mol. The van der Waals surface area contributed by atoms with Gasteiger partial charge in [0.2, 0.25) is 0 Å². The second-order valence-corrected chi connectivity index (χ2v) is 6.64. The lowest BCUT2D eigenvalue weighted by molar-refractivity contribution is 0.693. The summed E-state index contributed by atoms with van der Waals surface area (Å²) >= 11 is 6.00. The van der Waals surface area contributed by atoms with Crippen LogP contribution >= 0.6 is 11.6 Å². The van der Waals surface area contributed by atoms with Crippen LogP contribution in [0.3, 0.4) is 0 Å². The van der Waals surface area contributed by atoms with Crippen LogP contribution in [0.2, 0.25) is 5.02 Å². The average molecular weight is 337 g/mol. The van der Waals surface area contributed by atoms with Gasteiger partial charge < -0.3 is 10.3 Å². The number of allylic oxidation sites excluding steroid dienone is 5. The number of hydrogen-bond acceptors (Lipinski definition) is 3. The highest BCUT2D eigenvalue weighted by Crippen LogP contribution is 2.54. The summed E-state index contributed by atoms with van der Waals surface area (Å²) in [6, 6.07) is 5.45. The molecule has 0 spiro atoms. The molecule has 4 rings (SSSR count). The summed E-state index contributed by atoms with van der Waals surface area (Å²) < 4.78 is 2.04. The maximum absolute atomic E-state index is 6.11. The maximum atomic E-state index is 6.11. The summed E-state index contributed by atoms with van der Waals surface area (Å²) in [5.41, 5.74) is 11.9. The van der Waals surface area contributed by atoms with E-state index in [0.29, 0.717) is 10.7 Å². The van der Waals surface area contributed by atoms with E-state index in [0.717, 1.165) is 30.1 Å². The van der Waals surface area contributed by atoms with Crippen molar-refractivity contribution in [1.82, 2.24) is 14.8 Å². The molecule has 1 aromatic heterocycles. The van der Waals surface area contributed by atoms with Gasteiger partial charge in [-0.2, -0.15) is 0 Å². The van der Waals surface area contributed by atoms with Crippen molar-refractivity contribution in [3.05, 3.63) is 70.7 Å². The van der Waals surface area contributed by atoms with E-state index in [9.17, 15) is 0 Å². The van der Waals surface area contributed by atoms with Crippen molar-refractivity contribution in [2.75, 3.05) is 5.73 Å². The lowest BCUT2D eigenvalue weighted by Gasteiger charge is -2.16. The summed E-state index contributed by atoms with van der Waals surface area (Å²) in [5.74, 6) is 1.72. The molecule has 0 atom stereocenters. The minimum absolute atomic E-state index is 0.0727. The van der Waals surface area contributed by atoms with Gasteiger partial charge in [0.05, 0.1) is 5.41 Å². The van der Waals surface area contributed by atoms with Gasteiger partial charge in [-0.25, -0.2) is 0 Å². The molecule has 2 aliphatic rings. The lowest BCUT2D eigenvalue weighted by Crippen LogP contribution is -2.15. The van der Waals surface area contributed by atoms with Crippen molar-refractivity contribution in [2.24, 2.45) is 7.05 Å². The van der Waals surface area contributed by atoms with Crippen LogP contribution < -0.4 is 5.73 Å². The molecule has 0 unspecified atom stereocenters. The van der Waals surface area contributed by atoms with Crippen molar-refractivity contribution in [2.45, 2.75) is 18.3 Å². The first kappa shape index (κ1) is 15.0. The number of nitrogen functional groups attached to an aromatic ring is 1. The maximum Gasteiger partial charge on any atom is 0.165 e. The summed E-state index contributed by atoms with van der Waals surface area (Å²) in [6.45, 7) is 0. The van der Waals surface area contributed by atoms with E-state index in [-0.39, 0.29) is 5.41 Å². The Morgan fingerprint density at radius 3 is 2.83 bits per heavy atom. The molecular formula is C19H17ClN4. The molecule has 0 saturated heterocycles. The topological polar surface area (TPSA) is 56.7 Å². The van der Waals surface area contributed by atoms with Crippen LogP contribution in [0.4, 0.5) is 5.69 Å². The van der Waals surface area contributed by atoms with Crippen molar-refractivity contribution < 1.29 is 0 Å². The summed E-state index contributed by atoms with van der Waals surface area (Å²) in [6.07, 6.45) is 12.2. The Morgan fingerprint density at radius 2 is 2.08 bits per heavy atom. The third kappa shape index (κ3) is 2.32. The molecule has 1 aromatic carbocycles. The fraction of sp³-hybridized carbons (Fsp3) is 0.211. The van der Waals surface area contributed by atoms with Crippen molar-refractivity contribution in [3.8, 4) is 11.4 Å². The largest absolute Gasteiger partial charge is 0.398 e. The van der Waals surface area contributed by atoms with Gasteiger partial charge in [0, 0.05) is 23.3 Å². The SMILES string of the molecule is Cn1c(-c2ccc(Cl)cc2N)nnc1C1(C2=CC=CC=C=C2)CC1. The van der Waals surface area contributed by atoms with Gasteiger partial charge in [-0.15, -0.1) is 15.9 Å². The van der Waals surface area contributed by atoms with Crippen molar-refractivity contribution >= 4 is 17.3 Å². The number of nitrogens with zero attached hydrogens (tertiary/aromatic N) is 3. The highest BCUT2D eigenvalue weighted by Gasteiger charge is 2.50. The van der Waals surface area contributed by atoms with Crippen LogP contribution in [0.1, 0.15) is 18.7 Å². The van der Waals surface area contributed by atoms with E-state index in [2.05, 4.69) is 22.0 Å². The number of anilines is 1. The normalized spacial score (nSPS) is 17.7. The Balaban J connectivity index is 1.79. The second-order valence-electron chi connectivity index (χ2n) is 6.20. The van der Waals surface area contributed by atoms with Gasteiger partial charge in [-0.1, -0.05) is 29.8 Å². The van der Waals surface area contributed by atoms with Crippen LogP contribution in [0.25, 0.3) is 11.4 Å². The van der Waals surface area contributed by atoms with Gasteiger partial charge in [-0.05, 0) is 48.8 Å². The number of benzene rings is 1. The molecule has 2 aromatic rings. The number of rotatable bonds is 3. The zero-order valence-corrected chi connectivity index (χ0v) is 14.1. The average Bonchev–Trinajstić information content (AvgIpc) is 3.31. The Hall–Kier alpha value is -2.55. The molecule has 0 aliphatic heterocycles. The minimum atomic E-state index is -0.0727. The molecule has 2 aliphatic carbocycles. The van der Waals surface area contributed by atoms with Crippen LogP contribution in [-0.4, -0.2) is 14.8 Å². The molecule has 1 heterocycles. The highest BCUT2D eigenvalue weighted by atomic mass is 35.5.